The third kappa shape index (κ3) is 7.08. The highest BCUT2D eigenvalue weighted by atomic mass is 32.2. The Morgan fingerprint density at radius 3 is 2.00 bits per heavy atom. The SMILES string of the molecule is Nc1ccc(N=Nc2ccc3c(c2)C(=O)/C(=N/Nc2ccc(N=Nc4ccc(N)c5cc(S(=O)(=O)O)ccc45)cc2)C(S(=O)(=O)O)=C3)c(N)c1. The van der Waals surface area contributed by atoms with Crippen LogP contribution in [0, 0.1) is 0 Å². The van der Waals surface area contributed by atoms with Gasteiger partial charge in [0.25, 0.3) is 20.2 Å². The van der Waals surface area contributed by atoms with E-state index in [9.17, 15) is 30.7 Å². The van der Waals surface area contributed by atoms with Crippen molar-refractivity contribution in [3.63, 3.8) is 0 Å². The van der Waals surface area contributed by atoms with Gasteiger partial charge < -0.3 is 17.2 Å². The summed E-state index contributed by atoms with van der Waals surface area (Å²) in [5.74, 6) is -0.795. The lowest BCUT2D eigenvalue weighted by Crippen LogP contribution is -2.27. The quantitative estimate of drug-likeness (QED) is 0.0434. The van der Waals surface area contributed by atoms with Crippen LogP contribution >= 0.6 is 0 Å². The molecular weight excluding hydrogens is 687 g/mol. The van der Waals surface area contributed by atoms with Gasteiger partial charge >= 0.3 is 0 Å². The average Bonchev–Trinajstić information content (AvgIpc) is 3.07. The van der Waals surface area contributed by atoms with E-state index in [0.29, 0.717) is 44.9 Å². The normalized spacial score (nSPS) is 14.4. The fourth-order valence-electron chi connectivity index (χ4n) is 4.87. The molecule has 0 saturated heterocycles. The summed E-state index contributed by atoms with van der Waals surface area (Å²) in [7, 11) is -9.30. The van der Waals surface area contributed by atoms with E-state index in [2.05, 4.69) is 31.0 Å². The lowest BCUT2D eigenvalue weighted by atomic mass is 9.94. The van der Waals surface area contributed by atoms with Gasteiger partial charge in [0.1, 0.15) is 10.6 Å². The maximum atomic E-state index is 13.5. The molecule has 50 heavy (non-hydrogen) atoms. The standard InChI is InChI=1S/C32H25N9O7S2/c33-18-2-11-29(27(35)14-18)40-38-21-3-1-17-13-30(50(46,47)48)31(32(42)24(17)15-21)41-37-20-6-4-19(5-7-20)36-39-28-12-10-26(34)25-16-22(49(43,44)45)8-9-23(25)28/h1-16,37H,33-35H2,(H,43,44,45)(H,46,47,48)/b39-36?,40-38?,41-31+. The molecule has 0 bridgehead atoms. The summed E-state index contributed by atoms with van der Waals surface area (Å²) in [6, 6.07) is 22.3. The van der Waals surface area contributed by atoms with Crippen LogP contribution in [0.2, 0.25) is 0 Å². The minimum atomic E-state index is -4.86. The number of azo groups is 2. The van der Waals surface area contributed by atoms with Crippen molar-refractivity contribution in [2.45, 2.75) is 4.90 Å². The van der Waals surface area contributed by atoms with Crippen LogP contribution < -0.4 is 22.6 Å². The van der Waals surface area contributed by atoms with Gasteiger partial charge in [-0.3, -0.25) is 19.3 Å². The molecule has 0 radical (unpaired) electrons. The number of hydrogen-bond acceptors (Lipinski definition) is 14. The van der Waals surface area contributed by atoms with Crippen LogP contribution in [0.1, 0.15) is 15.9 Å². The summed E-state index contributed by atoms with van der Waals surface area (Å²) >= 11 is 0. The summed E-state index contributed by atoms with van der Waals surface area (Å²) in [5.41, 5.74) is 22.8. The topological polar surface area (TPSA) is 278 Å². The molecule has 16 nitrogen and oxygen atoms in total. The maximum Gasteiger partial charge on any atom is 0.296 e. The second-order valence-electron chi connectivity index (χ2n) is 10.8. The second kappa shape index (κ2) is 12.9. The zero-order valence-electron chi connectivity index (χ0n) is 25.5. The predicted molar refractivity (Wildman–Crippen MR) is 190 cm³/mol. The zero-order chi connectivity index (χ0) is 35.8. The molecule has 0 unspecified atom stereocenters. The number of hydrogen-bond donors (Lipinski definition) is 6. The van der Waals surface area contributed by atoms with Crippen LogP contribution in [0.15, 0.2) is 126 Å². The number of Topliss-reactive ketones (excluding diaryl/α,β-unsaturated/α-hetero) is 1. The van der Waals surface area contributed by atoms with Crippen LogP contribution in [0.4, 0.5) is 45.5 Å². The third-order valence-corrected chi connectivity index (χ3v) is 9.07. The molecule has 9 N–H and O–H groups in total. The molecule has 0 atom stereocenters. The number of carbonyl (C=O) groups is 1. The number of ketones is 1. The molecule has 1 aliphatic rings. The molecular formula is C32H25N9O7S2. The molecule has 0 saturated carbocycles. The van der Waals surface area contributed by atoms with Crippen LogP contribution in [0.5, 0.6) is 0 Å². The van der Waals surface area contributed by atoms with Gasteiger partial charge in [0.2, 0.25) is 5.78 Å². The van der Waals surface area contributed by atoms with E-state index < -0.39 is 36.6 Å². The van der Waals surface area contributed by atoms with Gasteiger partial charge in [-0.25, -0.2) is 0 Å². The Balaban J connectivity index is 1.23. The van der Waals surface area contributed by atoms with E-state index in [-0.39, 0.29) is 27.4 Å². The highest BCUT2D eigenvalue weighted by molar-refractivity contribution is 7.91. The van der Waals surface area contributed by atoms with Crippen molar-refractivity contribution in [1.29, 1.82) is 0 Å². The molecule has 0 spiro atoms. The molecule has 6 rings (SSSR count). The fraction of sp³-hybridized carbons (Fsp3) is 0. The maximum absolute atomic E-state index is 13.5. The predicted octanol–water partition coefficient (Wildman–Crippen LogP) is 6.56. The molecule has 5 aromatic carbocycles. The summed E-state index contributed by atoms with van der Waals surface area (Å²) in [4.78, 5) is 12.5. The van der Waals surface area contributed by atoms with Crippen molar-refractivity contribution in [3.05, 3.63) is 107 Å². The van der Waals surface area contributed by atoms with Crippen molar-refractivity contribution in [3.8, 4) is 0 Å². The largest absolute Gasteiger partial charge is 0.399 e. The first-order chi connectivity index (χ1) is 23.7. The first-order valence-corrected chi connectivity index (χ1v) is 17.2. The Kier molecular flexibility index (Phi) is 8.68. The molecule has 0 fully saturated rings. The number of rotatable bonds is 8. The Morgan fingerprint density at radius 2 is 1.30 bits per heavy atom. The Bertz CT molecular complexity index is 2570. The molecule has 1 aliphatic carbocycles. The Morgan fingerprint density at radius 1 is 0.620 bits per heavy atom. The Labute approximate surface area is 284 Å². The Hall–Kier alpha value is -6.34. The number of nitrogens with one attached hydrogen (secondary N) is 1. The summed E-state index contributed by atoms with van der Waals surface area (Å²) < 4.78 is 66.9. The zero-order valence-corrected chi connectivity index (χ0v) is 27.1. The van der Waals surface area contributed by atoms with Crippen molar-refractivity contribution < 1.29 is 30.7 Å². The first kappa shape index (κ1) is 33.6. The van der Waals surface area contributed by atoms with Crippen LogP contribution in [-0.2, 0) is 20.2 Å². The van der Waals surface area contributed by atoms with E-state index in [0.717, 1.165) is 6.08 Å². The van der Waals surface area contributed by atoms with Crippen molar-refractivity contribution >= 4 is 94.1 Å². The second-order valence-corrected chi connectivity index (χ2v) is 13.6. The van der Waals surface area contributed by atoms with Crippen molar-refractivity contribution in [2.24, 2.45) is 25.6 Å². The number of hydrazone groups is 1. The molecule has 0 amide bonds. The average molecular weight is 712 g/mol. The summed E-state index contributed by atoms with van der Waals surface area (Å²) in [6.45, 7) is 0. The number of benzene rings is 5. The van der Waals surface area contributed by atoms with Gasteiger partial charge in [-0.2, -0.15) is 32.2 Å². The van der Waals surface area contributed by atoms with Gasteiger partial charge in [-0.05, 0) is 90.5 Å². The van der Waals surface area contributed by atoms with Crippen LogP contribution in [0.3, 0.4) is 0 Å². The molecule has 18 heteroatoms. The fourth-order valence-corrected chi connectivity index (χ4v) is 6.04. The van der Waals surface area contributed by atoms with Gasteiger partial charge in [0, 0.05) is 27.7 Å². The summed E-state index contributed by atoms with van der Waals surface area (Å²) in [6.07, 6.45) is 1.12. The van der Waals surface area contributed by atoms with Gasteiger partial charge in [0.05, 0.1) is 33.3 Å². The van der Waals surface area contributed by atoms with E-state index in [4.69, 9.17) is 17.2 Å². The van der Waals surface area contributed by atoms with Gasteiger partial charge in [-0.15, -0.1) is 10.2 Å². The van der Waals surface area contributed by atoms with E-state index in [1.165, 1.54) is 60.7 Å². The number of nitrogens with zero attached hydrogens (tertiary/aromatic N) is 5. The number of carbonyl (C=O) groups excluding carboxylic acids is 1. The van der Waals surface area contributed by atoms with E-state index in [1.807, 2.05) is 0 Å². The number of anilines is 4. The molecule has 252 valence electrons. The third-order valence-electron chi connectivity index (χ3n) is 7.35. The molecule has 0 heterocycles. The monoisotopic (exact) mass is 711 g/mol. The molecule has 5 aromatic rings. The van der Waals surface area contributed by atoms with Crippen LogP contribution in [-0.4, -0.2) is 37.4 Å². The van der Waals surface area contributed by atoms with E-state index in [1.54, 1.807) is 30.3 Å². The van der Waals surface area contributed by atoms with E-state index >= 15 is 0 Å². The highest BCUT2D eigenvalue weighted by Crippen LogP contribution is 2.34. The first-order valence-electron chi connectivity index (χ1n) is 14.3. The van der Waals surface area contributed by atoms with Crippen molar-refractivity contribution in [1.82, 2.24) is 0 Å². The van der Waals surface area contributed by atoms with Gasteiger partial charge in [0.15, 0.2) is 5.71 Å². The number of fused-ring (bicyclic) bond motifs is 2. The number of allylic oxidation sites excluding steroid dienone is 1. The number of nitrogens with two attached hydrogens (primary N) is 3. The van der Waals surface area contributed by atoms with Crippen LogP contribution in [0.25, 0.3) is 16.8 Å². The lowest BCUT2D eigenvalue weighted by molar-refractivity contribution is 0.106. The lowest BCUT2D eigenvalue weighted by Gasteiger charge is -2.16. The smallest absolute Gasteiger partial charge is 0.296 e. The molecule has 0 aliphatic heterocycles. The minimum absolute atomic E-state index is 0.0693. The molecule has 0 aromatic heterocycles. The number of nitrogen functional groups attached to an aromatic ring is 3. The summed E-state index contributed by atoms with van der Waals surface area (Å²) in [5, 5.41) is 21.5. The van der Waals surface area contributed by atoms with Crippen molar-refractivity contribution in [2.75, 3.05) is 22.6 Å². The minimum Gasteiger partial charge on any atom is -0.399 e. The van der Waals surface area contributed by atoms with Gasteiger partial charge in [-0.1, -0.05) is 12.1 Å². The highest BCUT2D eigenvalue weighted by Gasteiger charge is 2.33.